The van der Waals surface area contributed by atoms with Crippen molar-refractivity contribution in [2.45, 2.75) is 6.92 Å². The van der Waals surface area contributed by atoms with Crippen molar-refractivity contribution in [1.29, 1.82) is 0 Å². The summed E-state index contributed by atoms with van der Waals surface area (Å²) in [6.07, 6.45) is 3.40. The standard InChI is InChI=1S/C10H8ClN3O2/c1-6-4-12-14(5-6)9-3-7(10(15)16)2-8(11)13-9/h2-5H,1H3,(H,15,16). The van der Waals surface area contributed by atoms with Gasteiger partial charge in [0.25, 0.3) is 0 Å². The SMILES string of the molecule is Cc1cnn(-c2cc(C(=O)O)cc(Cl)n2)c1. The van der Waals surface area contributed by atoms with E-state index < -0.39 is 5.97 Å². The van der Waals surface area contributed by atoms with Crippen LogP contribution in [0, 0.1) is 6.92 Å². The number of aromatic carboxylic acids is 1. The molecule has 16 heavy (non-hydrogen) atoms. The van der Waals surface area contributed by atoms with Crippen LogP contribution in [0.3, 0.4) is 0 Å². The molecule has 2 aromatic rings. The molecule has 0 saturated carbocycles. The van der Waals surface area contributed by atoms with Crippen molar-refractivity contribution in [3.8, 4) is 5.82 Å². The maximum Gasteiger partial charge on any atom is 0.335 e. The Bertz CT molecular complexity index is 551. The van der Waals surface area contributed by atoms with Gasteiger partial charge >= 0.3 is 5.97 Å². The molecule has 2 heterocycles. The van der Waals surface area contributed by atoms with Crippen LogP contribution in [0.5, 0.6) is 0 Å². The number of aryl methyl sites for hydroxylation is 1. The normalized spacial score (nSPS) is 10.4. The lowest BCUT2D eigenvalue weighted by molar-refractivity contribution is 0.0696. The molecule has 1 N–H and O–H groups in total. The predicted octanol–water partition coefficient (Wildman–Crippen LogP) is 1.93. The first-order valence-electron chi connectivity index (χ1n) is 4.49. The minimum absolute atomic E-state index is 0.0863. The summed E-state index contributed by atoms with van der Waals surface area (Å²) in [6, 6.07) is 2.71. The number of rotatable bonds is 2. The topological polar surface area (TPSA) is 68.0 Å². The Morgan fingerprint density at radius 3 is 2.81 bits per heavy atom. The number of pyridine rings is 1. The van der Waals surface area contributed by atoms with Crippen LogP contribution in [0.4, 0.5) is 0 Å². The lowest BCUT2D eigenvalue weighted by Gasteiger charge is -2.02. The molecule has 0 unspecified atom stereocenters. The van der Waals surface area contributed by atoms with Crippen molar-refractivity contribution in [3.05, 3.63) is 40.8 Å². The first kappa shape index (κ1) is 10.6. The van der Waals surface area contributed by atoms with Gasteiger partial charge in [-0.05, 0) is 24.6 Å². The summed E-state index contributed by atoms with van der Waals surface area (Å²) in [5.74, 6) is -0.660. The Hall–Kier alpha value is -1.88. The third kappa shape index (κ3) is 2.04. The molecule has 0 radical (unpaired) electrons. The molecule has 82 valence electrons. The van der Waals surface area contributed by atoms with E-state index in [9.17, 15) is 4.79 Å². The molecule has 0 fully saturated rings. The average molecular weight is 238 g/mol. The van der Waals surface area contributed by atoms with Crippen molar-refractivity contribution in [2.75, 3.05) is 0 Å². The van der Waals surface area contributed by atoms with Gasteiger partial charge in [-0.1, -0.05) is 11.6 Å². The van der Waals surface area contributed by atoms with E-state index in [2.05, 4.69) is 10.1 Å². The maximum atomic E-state index is 10.8. The highest BCUT2D eigenvalue weighted by atomic mass is 35.5. The summed E-state index contributed by atoms with van der Waals surface area (Å²) in [5.41, 5.74) is 1.04. The monoisotopic (exact) mass is 237 g/mol. The fraction of sp³-hybridized carbons (Fsp3) is 0.100. The van der Waals surface area contributed by atoms with Crippen molar-refractivity contribution in [2.24, 2.45) is 0 Å². The van der Waals surface area contributed by atoms with Gasteiger partial charge in [-0.3, -0.25) is 0 Å². The van der Waals surface area contributed by atoms with Gasteiger partial charge in [0.15, 0.2) is 5.82 Å². The fourth-order valence-electron chi connectivity index (χ4n) is 1.26. The highest BCUT2D eigenvalue weighted by Gasteiger charge is 2.09. The smallest absolute Gasteiger partial charge is 0.335 e. The molecular weight excluding hydrogens is 230 g/mol. The Morgan fingerprint density at radius 1 is 1.50 bits per heavy atom. The molecule has 0 amide bonds. The third-order valence-corrected chi connectivity index (χ3v) is 2.17. The zero-order valence-electron chi connectivity index (χ0n) is 8.38. The van der Waals surface area contributed by atoms with E-state index >= 15 is 0 Å². The van der Waals surface area contributed by atoms with Crippen molar-refractivity contribution in [1.82, 2.24) is 14.8 Å². The van der Waals surface area contributed by atoms with E-state index in [0.717, 1.165) is 5.56 Å². The summed E-state index contributed by atoms with van der Waals surface area (Å²) >= 11 is 5.74. The van der Waals surface area contributed by atoms with Gasteiger partial charge in [0, 0.05) is 6.20 Å². The molecule has 0 aliphatic heterocycles. The average Bonchev–Trinajstić information content (AvgIpc) is 2.64. The number of nitrogens with zero attached hydrogens (tertiary/aromatic N) is 3. The molecule has 2 aromatic heterocycles. The second kappa shape index (κ2) is 3.94. The largest absolute Gasteiger partial charge is 0.478 e. The Labute approximate surface area is 96.3 Å². The number of carboxylic acid groups (broad SMARTS) is 1. The quantitative estimate of drug-likeness (QED) is 0.811. The predicted molar refractivity (Wildman–Crippen MR) is 58.1 cm³/mol. The van der Waals surface area contributed by atoms with Crippen molar-refractivity contribution in [3.63, 3.8) is 0 Å². The first-order valence-corrected chi connectivity index (χ1v) is 4.86. The molecule has 0 aliphatic rings. The molecule has 0 bridgehead atoms. The number of halogens is 1. The van der Waals surface area contributed by atoms with Crippen LogP contribution in [-0.2, 0) is 0 Å². The number of hydrogen-bond donors (Lipinski definition) is 1. The zero-order valence-corrected chi connectivity index (χ0v) is 9.14. The number of aromatic nitrogens is 3. The molecule has 0 aromatic carbocycles. The minimum atomic E-state index is -1.05. The Kier molecular flexibility index (Phi) is 2.62. The second-order valence-electron chi connectivity index (χ2n) is 3.30. The van der Waals surface area contributed by atoms with Crippen LogP contribution in [-0.4, -0.2) is 25.8 Å². The molecule has 6 heteroatoms. The van der Waals surface area contributed by atoms with Crippen LogP contribution in [0.25, 0.3) is 5.82 Å². The van der Waals surface area contributed by atoms with Gasteiger partial charge in [0.2, 0.25) is 0 Å². The molecule has 2 rings (SSSR count). The second-order valence-corrected chi connectivity index (χ2v) is 3.69. The van der Waals surface area contributed by atoms with E-state index in [0.29, 0.717) is 5.82 Å². The summed E-state index contributed by atoms with van der Waals surface area (Å²) in [5, 5.41) is 13.0. The molecular formula is C10H8ClN3O2. The number of carbonyl (C=O) groups is 1. The number of carboxylic acids is 1. The first-order chi connectivity index (χ1) is 7.56. The van der Waals surface area contributed by atoms with Crippen LogP contribution >= 0.6 is 11.6 Å². The zero-order chi connectivity index (χ0) is 11.7. The van der Waals surface area contributed by atoms with Gasteiger partial charge in [-0.15, -0.1) is 0 Å². The summed E-state index contributed by atoms with van der Waals surface area (Å²) in [4.78, 5) is 14.8. The fourth-order valence-corrected chi connectivity index (χ4v) is 1.47. The van der Waals surface area contributed by atoms with Gasteiger partial charge in [-0.25, -0.2) is 14.5 Å². The van der Waals surface area contributed by atoms with Gasteiger partial charge in [-0.2, -0.15) is 5.10 Å². The summed E-state index contributed by atoms with van der Waals surface area (Å²) < 4.78 is 1.48. The third-order valence-electron chi connectivity index (χ3n) is 1.97. The highest BCUT2D eigenvalue weighted by Crippen LogP contribution is 2.14. The van der Waals surface area contributed by atoms with Crippen LogP contribution < -0.4 is 0 Å². The Morgan fingerprint density at radius 2 is 2.25 bits per heavy atom. The van der Waals surface area contributed by atoms with Crippen molar-refractivity contribution < 1.29 is 9.90 Å². The lowest BCUT2D eigenvalue weighted by atomic mass is 10.2. The van der Waals surface area contributed by atoms with Gasteiger partial charge in [0.05, 0.1) is 11.8 Å². The Balaban J connectivity index is 2.53. The summed E-state index contributed by atoms with van der Waals surface area (Å²) in [7, 11) is 0. The van der Waals surface area contributed by atoms with Crippen LogP contribution in [0.1, 0.15) is 15.9 Å². The van der Waals surface area contributed by atoms with Gasteiger partial charge < -0.3 is 5.11 Å². The lowest BCUT2D eigenvalue weighted by Crippen LogP contribution is -2.03. The van der Waals surface area contributed by atoms with Gasteiger partial charge in [0.1, 0.15) is 5.15 Å². The molecule has 0 saturated heterocycles. The maximum absolute atomic E-state index is 10.8. The van der Waals surface area contributed by atoms with E-state index in [1.807, 2.05) is 6.92 Å². The van der Waals surface area contributed by atoms with E-state index in [1.165, 1.54) is 16.8 Å². The minimum Gasteiger partial charge on any atom is -0.478 e. The number of hydrogen-bond acceptors (Lipinski definition) is 3. The molecule has 0 spiro atoms. The van der Waals surface area contributed by atoms with E-state index in [4.69, 9.17) is 16.7 Å². The molecule has 5 nitrogen and oxygen atoms in total. The van der Waals surface area contributed by atoms with Crippen LogP contribution in [0.15, 0.2) is 24.5 Å². The highest BCUT2D eigenvalue weighted by molar-refractivity contribution is 6.29. The van der Waals surface area contributed by atoms with E-state index in [-0.39, 0.29) is 10.7 Å². The molecule has 0 atom stereocenters. The summed E-state index contributed by atoms with van der Waals surface area (Å²) in [6.45, 7) is 1.88. The van der Waals surface area contributed by atoms with E-state index in [1.54, 1.807) is 12.4 Å². The van der Waals surface area contributed by atoms with Crippen LogP contribution in [0.2, 0.25) is 5.15 Å². The molecule has 0 aliphatic carbocycles. The van der Waals surface area contributed by atoms with Crippen molar-refractivity contribution >= 4 is 17.6 Å².